The second-order valence-electron chi connectivity index (χ2n) is 4.47. The van der Waals surface area contributed by atoms with Crippen LogP contribution in [0.5, 0.6) is 0 Å². The van der Waals surface area contributed by atoms with Crippen molar-refractivity contribution < 1.29 is 13.2 Å². The third-order valence-electron chi connectivity index (χ3n) is 2.95. The molecule has 19 heavy (non-hydrogen) atoms. The second kappa shape index (κ2) is 5.76. The molecule has 0 atom stereocenters. The van der Waals surface area contributed by atoms with Gasteiger partial charge in [0.15, 0.2) is 0 Å². The molecule has 1 amide bonds. The number of aryl methyl sites for hydroxylation is 2. The number of nitrogens with one attached hydrogen (secondary N) is 1. The van der Waals surface area contributed by atoms with Gasteiger partial charge in [-0.3, -0.25) is 4.79 Å². The van der Waals surface area contributed by atoms with Gasteiger partial charge in [-0.25, -0.2) is 13.1 Å². The van der Waals surface area contributed by atoms with Crippen LogP contribution in [-0.2, 0) is 22.9 Å². The van der Waals surface area contributed by atoms with Gasteiger partial charge in [0.2, 0.25) is 10.0 Å². The summed E-state index contributed by atoms with van der Waals surface area (Å²) in [5, 5.41) is 0. The number of thiophene rings is 1. The predicted molar refractivity (Wildman–Crippen MR) is 75.7 cm³/mol. The zero-order valence-electron chi connectivity index (χ0n) is 10.4. The first kappa shape index (κ1) is 14.1. The standard InChI is InChI=1S/C13H15NO3S2/c1-2-3-4-8-19(16,17)14-13(15)12-9-10-6-5-7-11(10)18-12/h1,9H,3-8H2,(H,14,15). The molecule has 4 nitrogen and oxygen atoms in total. The highest BCUT2D eigenvalue weighted by atomic mass is 32.2. The van der Waals surface area contributed by atoms with Crippen LogP contribution in [0.2, 0.25) is 0 Å². The number of rotatable bonds is 5. The number of sulfonamides is 1. The Hall–Kier alpha value is -1.32. The van der Waals surface area contributed by atoms with Crippen molar-refractivity contribution in [2.75, 3.05) is 5.75 Å². The van der Waals surface area contributed by atoms with E-state index in [-0.39, 0.29) is 5.75 Å². The minimum atomic E-state index is -3.58. The molecule has 1 N–H and O–H groups in total. The molecular weight excluding hydrogens is 282 g/mol. The summed E-state index contributed by atoms with van der Waals surface area (Å²) in [7, 11) is -3.58. The van der Waals surface area contributed by atoms with E-state index in [1.807, 2.05) is 0 Å². The number of carbonyl (C=O) groups is 1. The lowest BCUT2D eigenvalue weighted by Crippen LogP contribution is -2.32. The van der Waals surface area contributed by atoms with Crippen molar-refractivity contribution in [3.63, 3.8) is 0 Å². The summed E-state index contributed by atoms with van der Waals surface area (Å²) >= 11 is 1.39. The molecule has 102 valence electrons. The van der Waals surface area contributed by atoms with Crippen LogP contribution in [0.3, 0.4) is 0 Å². The maximum Gasteiger partial charge on any atom is 0.274 e. The SMILES string of the molecule is C#CCCCS(=O)(=O)NC(=O)c1cc2c(s1)CCC2. The fourth-order valence-corrected chi connectivity index (χ4v) is 4.28. The van der Waals surface area contributed by atoms with Crippen LogP contribution in [0.1, 0.15) is 39.4 Å². The first-order valence-corrected chi connectivity index (χ1v) is 8.58. The molecule has 0 bridgehead atoms. The van der Waals surface area contributed by atoms with E-state index in [4.69, 9.17) is 6.42 Å². The van der Waals surface area contributed by atoms with Crippen LogP contribution in [0.25, 0.3) is 0 Å². The van der Waals surface area contributed by atoms with Crippen LogP contribution in [0, 0.1) is 12.3 Å². The normalized spacial score (nSPS) is 13.8. The molecule has 1 aromatic rings. The Bertz CT molecular complexity index is 601. The highest BCUT2D eigenvalue weighted by Crippen LogP contribution is 2.30. The number of amides is 1. The Kier molecular flexibility index (Phi) is 4.27. The molecule has 0 unspecified atom stereocenters. The van der Waals surface area contributed by atoms with Gasteiger partial charge in [0.1, 0.15) is 0 Å². The number of carbonyl (C=O) groups excluding carboxylic acids is 1. The number of fused-ring (bicyclic) bond motifs is 1. The lowest BCUT2D eigenvalue weighted by atomic mass is 10.2. The largest absolute Gasteiger partial charge is 0.274 e. The van der Waals surface area contributed by atoms with E-state index in [1.54, 1.807) is 6.07 Å². The summed E-state index contributed by atoms with van der Waals surface area (Å²) in [5.74, 6) is 1.73. The van der Waals surface area contributed by atoms with Crippen molar-refractivity contribution in [2.24, 2.45) is 0 Å². The third-order valence-corrected chi connectivity index (χ3v) is 5.51. The highest BCUT2D eigenvalue weighted by molar-refractivity contribution is 7.90. The van der Waals surface area contributed by atoms with Gasteiger partial charge < -0.3 is 0 Å². The van der Waals surface area contributed by atoms with Gasteiger partial charge in [-0.15, -0.1) is 23.7 Å². The lowest BCUT2D eigenvalue weighted by Gasteiger charge is -2.04. The third kappa shape index (κ3) is 3.58. The molecule has 1 heterocycles. The molecule has 0 spiro atoms. The van der Waals surface area contributed by atoms with Crippen molar-refractivity contribution in [3.05, 3.63) is 21.4 Å². The fourth-order valence-electron chi connectivity index (χ4n) is 2.05. The van der Waals surface area contributed by atoms with Crippen LogP contribution < -0.4 is 4.72 Å². The zero-order chi connectivity index (χ0) is 13.9. The van der Waals surface area contributed by atoms with Crippen molar-refractivity contribution in [1.29, 1.82) is 0 Å². The van der Waals surface area contributed by atoms with Gasteiger partial charge in [0.05, 0.1) is 10.6 Å². The lowest BCUT2D eigenvalue weighted by molar-refractivity contribution is 0.0985. The summed E-state index contributed by atoms with van der Waals surface area (Å²) in [6.45, 7) is 0. The summed E-state index contributed by atoms with van der Waals surface area (Å²) < 4.78 is 25.4. The molecule has 1 aliphatic rings. The Morgan fingerprint density at radius 3 is 2.95 bits per heavy atom. The maximum absolute atomic E-state index is 11.9. The smallest absolute Gasteiger partial charge is 0.267 e. The first-order chi connectivity index (χ1) is 9.02. The molecule has 0 aromatic carbocycles. The minimum absolute atomic E-state index is 0.117. The first-order valence-electron chi connectivity index (χ1n) is 6.12. The van der Waals surface area contributed by atoms with E-state index in [1.165, 1.54) is 21.8 Å². The van der Waals surface area contributed by atoms with Crippen molar-refractivity contribution >= 4 is 27.3 Å². The molecule has 0 saturated heterocycles. The number of hydrogen-bond acceptors (Lipinski definition) is 4. The number of hydrogen-bond donors (Lipinski definition) is 1. The summed E-state index contributed by atoms with van der Waals surface area (Å²) in [4.78, 5) is 13.6. The van der Waals surface area contributed by atoms with Crippen molar-refractivity contribution in [3.8, 4) is 12.3 Å². The van der Waals surface area contributed by atoms with Crippen LogP contribution in [-0.4, -0.2) is 20.1 Å². The van der Waals surface area contributed by atoms with E-state index < -0.39 is 15.9 Å². The Labute approximate surface area is 117 Å². The van der Waals surface area contributed by atoms with Crippen molar-refractivity contribution in [1.82, 2.24) is 4.72 Å². The molecule has 1 aromatic heterocycles. The summed E-state index contributed by atoms with van der Waals surface area (Å²) in [6.07, 6.45) is 8.90. The molecular formula is C13H15NO3S2. The quantitative estimate of drug-likeness (QED) is 0.665. The van der Waals surface area contributed by atoms with E-state index in [2.05, 4.69) is 10.6 Å². The topological polar surface area (TPSA) is 63.2 Å². The van der Waals surface area contributed by atoms with E-state index in [0.29, 0.717) is 17.7 Å². The van der Waals surface area contributed by atoms with Gasteiger partial charge in [0, 0.05) is 11.3 Å². The Morgan fingerprint density at radius 2 is 2.26 bits per heavy atom. The van der Waals surface area contributed by atoms with Gasteiger partial charge in [-0.05, 0) is 37.3 Å². The van der Waals surface area contributed by atoms with Gasteiger partial charge in [-0.2, -0.15) is 0 Å². The fraction of sp³-hybridized carbons (Fsp3) is 0.462. The van der Waals surface area contributed by atoms with Gasteiger partial charge in [0.25, 0.3) is 5.91 Å². The molecule has 0 radical (unpaired) electrons. The van der Waals surface area contributed by atoms with E-state index in [9.17, 15) is 13.2 Å². The average molecular weight is 297 g/mol. The van der Waals surface area contributed by atoms with Crippen LogP contribution in [0.15, 0.2) is 6.07 Å². The molecule has 0 aliphatic heterocycles. The summed E-state index contributed by atoms with van der Waals surface area (Å²) in [6, 6.07) is 1.80. The molecule has 2 rings (SSSR count). The van der Waals surface area contributed by atoms with Crippen LogP contribution in [0.4, 0.5) is 0 Å². The molecule has 1 aliphatic carbocycles. The Morgan fingerprint density at radius 1 is 1.47 bits per heavy atom. The molecule has 6 heteroatoms. The maximum atomic E-state index is 11.9. The van der Waals surface area contributed by atoms with E-state index in [0.717, 1.165) is 19.3 Å². The van der Waals surface area contributed by atoms with E-state index >= 15 is 0 Å². The molecule has 0 fully saturated rings. The zero-order valence-corrected chi connectivity index (χ0v) is 12.1. The molecule has 0 saturated carbocycles. The average Bonchev–Trinajstić information content (AvgIpc) is 2.88. The predicted octanol–water partition coefficient (Wildman–Crippen LogP) is 1.71. The number of unbranched alkanes of at least 4 members (excludes halogenated alkanes) is 1. The number of terminal acetylenes is 1. The minimum Gasteiger partial charge on any atom is -0.267 e. The summed E-state index contributed by atoms with van der Waals surface area (Å²) in [5.41, 5.74) is 1.18. The second-order valence-corrected chi connectivity index (χ2v) is 7.45. The van der Waals surface area contributed by atoms with Crippen molar-refractivity contribution in [2.45, 2.75) is 32.1 Å². The Balaban J connectivity index is 1.98. The highest BCUT2D eigenvalue weighted by Gasteiger charge is 2.21. The van der Waals surface area contributed by atoms with Crippen LogP contribution >= 0.6 is 11.3 Å². The monoisotopic (exact) mass is 297 g/mol. The van der Waals surface area contributed by atoms with Gasteiger partial charge in [-0.1, -0.05) is 0 Å². The van der Waals surface area contributed by atoms with Gasteiger partial charge >= 0.3 is 0 Å².